The summed E-state index contributed by atoms with van der Waals surface area (Å²) in [4.78, 5) is 4.31. The van der Waals surface area contributed by atoms with E-state index in [0.29, 0.717) is 0 Å². The summed E-state index contributed by atoms with van der Waals surface area (Å²) in [6.07, 6.45) is 2.54. The number of rotatable bonds is 3. The monoisotopic (exact) mass is 354 g/mol. The van der Waals surface area contributed by atoms with E-state index in [-0.39, 0.29) is 6.04 Å². The average molecular weight is 356 g/mol. The van der Waals surface area contributed by atoms with Crippen LogP contribution in [0.5, 0.6) is 0 Å². The Morgan fingerprint density at radius 1 is 1.18 bits per heavy atom. The van der Waals surface area contributed by atoms with Crippen LogP contribution in [0.25, 0.3) is 0 Å². The number of pyridine rings is 1. The zero-order valence-corrected chi connectivity index (χ0v) is 12.3. The largest absolute Gasteiger partial charge is 0.322 e. The molecule has 1 aromatic heterocycles. The van der Waals surface area contributed by atoms with E-state index < -0.39 is 0 Å². The Kier molecular flexibility index (Phi) is 4.31. The third kappa shape index (κ3) is 3.37. The molecule has 0 radical (unpaired) electrons. The number of nitrogens with two attached hydrogens (primary N) is 1. The normalized spacial score (nSPS) is 12.4. The van der Waals surface area contributed by atoms with Gasteiger partial charge in [-0.2, -0.15) is 0 Å². The Morgan fingerprint density at radius 3 is 2.71 bits per heavy atom. The zero-order valence-electron chi connectivity index (χ0n) is 9.11. The van der Waals surface area contributed by atoms with E-state index in [1.807, 2.05) is 24.3 Å². The predicted molar refractivity (Wildman–Crippen MR) is 76.7 cm³/mol. The minimum absolute atomic E-state index is 0.0973. The van der Waals surface area contributed by atoms with E-state index in [1.54, 1.807) is 6.20 Å². The van der Waals surface area contributed by atoms with Crippen molar-refractivity contribution in [2.75, 3.05) is 0 Å². The lowest BCUT2D eigenvalue weighted by Gasteiger charge is -2.12. The van der Waals surface area contributed by atoms with Gasteiger partial charge in [-0.05, 0) is 52.2 Å². The summed E-state index contributed by atoms with van der Waals surface area (Å²) in [5.74, 6) is 0. The van der Waals surface area contributed by atoms with Crippen LogP contribution in [-0.2, 0) is 6.42 Å². The van der Waals surface area contributed by atoms with Crippen molar-refractivity contribution in [1.29, 1.82) is 0 Å². The highest BCUT2D eigenvalue weighted by atomic mass is 79.9. The number of aromatic nitrogens is 1. The first-order chi connectivity index (χ1) is 8.16. The van der Waals surface area contributed by atoms with Crippen molar-refractivity contribution in [3.05, 3.63) is 62.8 Å². The zero-order chi connectivity index (χ0) is 12.3. The summed E-state index contributed by atoms with van der Waals surface area (Å²) >= 11 is 6.93. The van der Waals surface area contributed by atoms with Gasteiger partial charge in [0.25, 0.3) is 0 Å². The first-order valence-electron chi connectivity index (χ1n) is 5.27. The predicted octanol–water partition coefficient (Wildman–Crippen LogP) is 3.85. The topological polar surface area (TPSA) is 38.9 Å². The molecule has 2 nitrogen and oxygen atoms in total. The van der Waals surface area contributed by atoms with Crippen molar-refractivity contribution in [2.24, 2.45) is 5.73 Å². The van der Waals surface area contributed by atoms with Crippen molar-refractivity contribution in [3.63, 3.8) is 0 Å². The van der Waals surface area contributed by atoms with Crippen LogP contribution in [0.2, 0.25) is 0 Å². The van der Waals surface area contributed by atoms with Gasteiger partial charge in [0.1, 0.15) is 0 Å². The average Bonchev–Trinajstić information content (AvgIpc) is 2.29. The Bertz CT molecular complexity index is 514. The SMILES string of the molecule is NC(Cc1cccc(Br)c1)c1ncccc1Br. The summed E-state index contributed by atoms with van der Waals surface area (Å²) in [7, 11) is 0. The molecule has 0 aliphatic heterocycles. The van der Waals surface area contributed by atoms with Crippen molar-refractivity contribution >= 4 is 31.9 Å². The van der Waals surface area contributed by atoms with Gasteiger partial charge in [-0.25, -0.2) is 0 Å². The van der Waals surface area contributed by atoms with Crippen LogP contribution < -0.4 is 5.73 Å². The molecule has 1 atom stereocenters. The fourth-order valence-electron chi connectivity index (χ4n) is 1.69. The number of hydrogen-bond acceptors (Lipinski definition) is 2. The van der Waals surface area contributed by atoms with Gasteiger partial charge in [-0.15, -0.1) is 0 Å². The van der Waals surface area contributed by atoms with Crippen LogP contribution in [0.3, 0.4) is 0 Å². The Hall–Kier alpha value is -0.710. The molecule has 0 saturated carbocycles. The highest BCUT2D eigenvalue weighted by Gasteiger charge is 2.11. The van der Waals surface area contributed by atoms with Gasteiger partial charge in [0, 0.05) is 15.1 Å². The van der Waals surface area contributed by atoms with Crippen LogP contribution in [-0.4, -0.2) is 4.98 Å². The highest BCUT2D eigenvalue weighted by Crippen LogP contribution is 2.23. The van der Waals surface area contributed by atoms with Gasteiger partial charge in [-0.3, -0.25) is 4.98 Å². The molecule has 1 aromatic carbocycles. The first kappa shape index (κ1) is 12.7. The highest BCUT2D eigenvalue weighted by molar-refractivity contribution is 9.10. The van der Waals surface area contributed by atoms with Gasteiger partial charge in [0.2, 0.25) is 0 Å². The molecular weight excluding hydrogens is 344 g/mol. The molecule has 88 valence electrons. The lowest BCUT2D eigenvalue weighted by molar-refractivity contribution is 0.692. The van der Waals surface area contributed by atoms with Gasteiger partial charge in [-0.1, -0.05) is 28.1 Å². The summed E-state index contributed by atoms with van der Waals surface area (Å²) < 4.78 is 2.03. The molecule has 2 aromatic rings. The summed E-state index contributed by atoms with van der Waals surface area (Å²) in [6.45, 7) is 0. The Morgan fingerprint density at radius 2 is 2.00 bits per heavy atom. The van der Waals surface area contributed by atoms with E-state index >= 15 is 0 Å². The van der Waals surface area contributed by atoms with Crippen molar-refractivity contribution in [2.45, 2.75) is 12.5 Å². The second-order valence-electron chi connectivity index (χ2n) is 3.81. The maximum Gasteiger partial charge on any atom is 0.0716 e. The second-order valence-corrected chi connectivity index (χ2v) is 5.58. The molecule has 2 rings (SSSR count). The molecular formula is C13H12Br2N2. The molecule has 0 fully saturated rings. The van der Waals surface area contributed by atoms with Gasteiger partial charge >= 0.3 is 0 Å². The number of nitrogens with zero attached hydrogens (tertiary/aromatic N) is 1. The summed E-state index contributed by atoms with van der Waals surface area (Å²) in [5, 5.41) is 0. The van der Waals surface area contributed by atoms with E-state index in [4.69, 9.17) is 5.73 Å². The van der Waals surface area contributed by atoms with Crippen molar-refractivity contribution in [1.82, 2.24) is 4.98 Å². The number of hydrogen-bond donors (Lipinski definition) is 1. The van der Waals surface area contributed by atoms with Crippen LogP contribution in [0.15, 0.2) is 51.5 Å². The Balaban J connectivity index is 2.17. The lowest BCUT2D eigenvalue weighted by Crippen LogP contribution is -2.15. The van der Waals surface area contributed by atoms with Gasteiger partial charge in [0.15, 0.2) is 0 Å². The third-order valence-electron chi connectivity index (χ3n) is 2.48. The molecule has 0 saturated heterocycles. The minimum atomic E-state index is -0.0973. The summed E-state index contributed by atoms with van der Waals surface area (Å²) in [6, 6.07) is 11.9. The van der Waals surface area contributed by atoms with E-state index in [9.17, 15) is 0 Å². The van der Waals surface area contributed by atoms with Crippen LogP contribution in [0, 0.1) is 0 Å². The molecule has 0 aliphatic rings. The standard InChI is InChI=1S/C13H12Br2N2/c14-10-4-1-3-9(7-10)8-12(16)13-11(15)5-2-6-17-13/h1-7,12H,8,16H2. The van der Waals surface area contributed by atoms with Gasteiger partial charge in [0.05, 0.1) is 11.7 Å². The van der Waals surface area contributed by atoms with Gasteiger partial charge < -0.3 is 5.73 Å². The lowest BCUT2D eigenvalue weighted by atomic mass is 10.0. The third-order valence-corrected chi connectivity index (χ3v) is 3.65. The van der Waals surface area contributed by atoms with Crippen LogP contribution in [0.4, 0.5) is 0 Å². The molecule has 0 aliphatic carbocycles. The molecule has 2 N–H and O–H groups in total. The summed E-state index contributed by atoms with van der Waals surface area (Å²) in [5.41, 5.74) is 8.26. The van der Waals surface area contributed by atoms with E-state index in [0.717, 1.165) is 21.1 Å². The maximum atomic E-state index is 6.17. The molecule has 4 heteroatoms. The molecule has 0 spiro atoms. The molecule has 1 unspecified atom stereocenters. The first-order valence-corrected chi connectivity index (χ1v) is 6.86. The maximum absolute atomic E-state index is 6.17. The fourth-order valence-corrected chi connectivity index (χ4v) is 2.68. The fraction of sp³-hybridized carbons (Fsp3) is 0.154. The van der Waals surface area contributed by atoms with Crippen molar-refractivity contribution < 1.29 is 0 Å². The second kappa shape index (κ2) is 5.76. The smallest absolute Gasteiger partial charge is 0.0716 e. The Labute approximate surface area is 118 Å². The minimum Gasteiger partial charge on any atom is -0.322 e. The van der Waals surface area contributed by atoms with Crippen molar-refractivity contribution in [3.8, 4) is 0 Å². The molecule has 0 bridgehead atoms. The number of benzene rings is 1. The van der Waals surface area contributed by atoms with E-state index in [1.165, 1.54) is 5.56 Å². The van der Waals surface area contributed by atoms with Crippen LogP contribution in [0.1, 0.15) is 17.3 Å². The molecule has 0 amide bonds. The number of halogens is 2. The molecule has 17 heavy (non-hydrogen) atoms. The van der Waals surface area contributed by atoms with E-state index in [2.05, 4.69) is 49.0 Å². The van der Waals surface area contributed by atoms with Crippen LogP contribution >= 0.6 is 31.9 Å². The molecule has 1 heterocycles. The quantitative estimate of drug-likeness (QED) is 0.908.